The Labute approximate surface area is 128 Å². The van der Waals surface area contributed by atoms with Gasteiger partial charge in [-0.15, -0.1) is 13.2 Å². The minimum atomic E-state index is -4.88. The quantitative estimate of drug-likeness (QED) is 0.933. The molecular weight excluding hydrogens is 315 g/mol. The highest BCUT2D eigenvalue weighted by atomic mass is 19.4. The SMILES string of the molecule is Cc1cncn(CC(=O)Nc2ccccc2OC(F)(F)F)c1=O. The number of aryl methyl sites for hydroxylation is 1. The molecule has 0 fully saturated rings. The van der Waals surface area contributed by atoms with Crippen LogP contribution in [-0.4, -0.2) is 21.8 Å². The Balaban J connectivity index is 2.15. The summed E-state index contributed by atoms with van der Waals surface area (Å²) in [6.07, 6.45) is -2.35. The maximum Gasteiger partial charge on any atom is 0.573 e. The van der Waals surface area contributed by atoms with Crippen molar-refractivity contribution < 1.29 is 22.7 Å². The lowest BCUT2D eigenvalue weighted by atomic mass is 10.3. The van der Waals surface area contributed by atoms with Gasteiger partial charge in [0.05, 0.1) is 12.0 Å². The number of benzene rings is 1. The third kappa shape index (κ3) is 4.56. The molecule has 0 aliphatic rings. The van der Waals surface area contributed by atoms with Crippen molar-refractivity contribution in [2.45, 2.75) is 19.8 Å². The van der Waals surface area contributed by atoms with E-state index in [2.05, 4.69) is 15.0 Å². The highest BCUT2D eigenvalue weighted by molar-refractivity contribution is 5.92. The fourth-order valence-electron chi connectivity index (χ4n) is 1.80. The van der Waals surface area contributed by atoms with Gasteiger partial charge in [0.25, 0.3) is 5.56 Å². The number of alkyl halides is 3. The molecule has 1 amide bonds. The van der Waals surface area contributed by atoms with Crippen LogP contribution in [0.3, 0.4) is 0 Å². The molecule has 0 atom stereocenters. The van der Waals surface area contributed by atoms with Gasteiger partial charge >= 0.3 is 6.36 Å². The van der Waals surface area contributed by atoms with Crippen LogP contribution in [0.25, 0.3) is 0 Å². The molecule has 1 aromatic carbocycles. The van der Waals surface area contributed by atoms with Crippen molar-refractivity contribution in [2.75, 3.05) is 5.32 Å². The number of anilines is 1. The molecule has 122 valence electrons. The number of amides is 1. The molecule has 0 radical (unpaired) electrons. The Morgan fingerprint density at radius 3 is 2.74 bits per heavy atom. The van der Waals surface area contributed by atoms with E-state index in [-0.39, 0.29) is 12.2 Å². The Morgan fingerprint density at radius 2 is 2.04 bits per heavy atom. The van der Waals surface area contributed by atoms with Crippen LogP contribution >= 0.6 is 0 Å². The topological polar surface area (TPSA) is 73.2 Å². The molecule has 0 bridgehead atoms. The highest BCUT2D eigenvalue weighted by Gasteiger charge is 2.32. The molecular formula is C14H12F3N3O3. The zero-order valence-electron chi connectivity index (χ0n) is 11.9. The Morgan fingerprint density at radius 1 is 1.35 bits per heavy atom. The number of rotatable bonds is 4. The first kappa shape index (κ1) is 16.5. The zero-order valence-corrected chi connectivity index (χ0v) is 11.9. The summed E-state index contributed by atoms with van der Waals surface area (Å²) in [6, 6.07) is 5.12. The number of hydrogen-bond donors (Lipinski definition) is 1. The van der Waals surface area contributed by atoms with Crippen molar-refractivity contribution in [1.29, 1.82) is 0 Å². The normalized spacial score (nSPS) is 11.1. The molecule has 6 nitrogen and oxygen atoms in total. The maximum atomic E-state index is 12.3. The second-order valence-electron chi connectivity index (χ2n) is 4.60. The largest absolute Gasteiger partial charge is 0.573 e. The number of halogens is 3. The van der Waals surface area contributed by atoms with Crippen molar-refractivity contribution in [3.05, 3.63) is 52.7 Å². The lowest BCUT2D eigenvalue weighted by Crippen LogP contribution is -2.29. The summed E-state index contributed by atoms with van der Waals surface area (Å²) in [4.78, 5) is 27.5. The molecule has 1 aromatic heterocycles. The second kappa shape index (κ2) is 6.51. The molecule has 0 aliphatic heterocycles. The number of para-hydroxylation sites is 2. The van der Waals surface area contributed by atoms with Crippen molar-refractivity contribution in [1.82, 2.24) is 9.55 Å². The Kier molecular flexibility index (Phi) is 4.68. The van der Waals surface area contributed by atoms with E-state index in [9.17, 15) is 22.8 Å². The average molecular weight is 327 g/mol. The zero-order chi connectivity index (χ0) is 17.0. The number of carbonyl (C=O) groups is 1. The van der Waals surface area contributed by atoms with Gasteiger partial charge in [0.2, 0.25) is 5.91 Å². The summed E-state index contributed by atoms with van der Waals surface area (Å²) < 4.78 is 41.8. The number of aromatic nitrogens is 2. The van der Waals surface area contributed by atoms with Gasteiger partial charge in [-0.1, -0.05) is 12.1 Å². The van der Waals surface area contributed by atoms with Crippen LogP contribution < -0.4 is 15.6 Å². The molecule has 0 aliphatic carbocycles. The average Bonchev–Trinajstić information content (AvgIpc) is 2.44. The van der Waals surface area contributed by atoms with Crippen molar-refractivity contribution in [3.8, 4) is 5.75 Å². The number of nitrogens with zero attached hydrogens (tertiary/aromatic N) is 2. The lowest BCUT2D eigenvalue weighted by Gasteiger charge is -2.14. The summed E-state index contributed by atoms with van der Waals surface area (Å²) in [5.74, 6) is -1.22. The van der Waals surface area contributed by atoms with Crippen LogP contribution in [0.15, 0.2) is 41.6 Å². The van der Waals surface area contributed by atoms with Crippen LogP contribution in [0, 0.1) is 6.92 Å². The van der Waals surface area contributed by atoms with E-state index in [1.54, 1.807) is 0 Å². The summed E-state index contributed by atoms with van der Waals surface area (Å²) in [6.45, 7) is 1.16. The van der Waals surface area contributed by atoms with Crippen LogP contribution in [0.4, 0.5) is 18.9 Å². The molecule has 2 aromatic rings. The fourth-order valence-corrected chi connectivity index (χ4v) is 1.80. The predicted molar refractivity (Wildman–Crippen MR) is 75.0 cm³/mol. The molecule has 1 heterocycles. The van der Waals surface area contributed by atoms with Crippen LogP contribution in [0.2, 0.25) is 0 Å². The number of nitrogens with one attached hydrogen (secondary N) is 1. The highest BCUT2D eigenvalue weighted by Crippen LogP contribution is 2.29. The van der Waals surface area contributed by atoms with Gasteiger partial charge in [-0.2, -0.15) is 0 Å². The van der Waals surface area contributed by atoms with Gasteiger partial charge in [-0.25, -0.2) is 4.98 Å². The van der Waals surface area contributed by atoms with Gasteiger partial charge in [0.1, 0.15) is 6.54 Å². The van der Waals surface area contributed by atoms with E-state index in [0.717, 1.165) is 10.6 Å². The van der Waals surface area contributed by atoms with Crippen molar-refractivity contribution in [3.63, 3.8) is 0 Å². The van der Waals surface area contributed by atoms with Gasteiger partial charge in [-0.05, 0) is 19.1 Å². The third-order valence-electron chi connectivity index (χ3n) is 2.77. The monoisotopic (exact) mass is 327 g/mol. The summed E-state index contributed by atoms with van der Waals surface area (Å²) >= 11 is 0. The van der Waals surface area contributed by atoms with Crippen LogP contribution in [-0.2, 0) is 11.3 Å². The van der Waals surface area contributed by atoms with Crippen LogP contribution in [0.5, 0.6) is 5.75 Å². The first-order valence-electron chi connectivity index (χ1n) is 6.42. The van der Waals surface area contributed by atoms with Gasteiger partial charge in [0, 0.05) is 11.8 Å². The molecule has 23 heavy (non-hydrogen) atoms. The molecule has 9 heteroatoms. The van der Waals surface area contributed by atoms with Crippen LogP contribution in [0.1, 0.15) is 5.56 Å². The Bertz CT molecular complexity index is 772. The van der Waals surface area contributed by atoms with Crippen molar-refractivity contribution in [2.24, 2.45) is 0 Å². The van der Waals surface area contributed by atoms with Gasteiger partial charge in [-0.3, -0.25) is 14.2 Å². The standard InChI is InChI=1S/C14H12F3N3O3/c1-9-6-18-8-20(13(9)22)7-12(21)19-10-4-2-3-5-11(10)23-14(15,16)17/h2-6,8H,7H2,1H3,(H,19,21). The number of hydrogen-bond acceptors (Lipinski definition) is 4. The number of ether oxygens (including phenoxy) is 1. The molecule has 1 N–H and O–H groups in total. The lowest BCUT2D eigenvalue weighted by molar-refractivity contribution is -0.274. The molecule has 0 spiro atoms. The Hall–Kier alpha value is -2.84. The maximum absolute atomic E-state index is 12.3. The van der Waals surface area contributed by atoms with Gasteiger partial charge in [0.15, 0.2) is 5.75 Å². The molecule has 0 unspecified atom stereocenters. The van der Waals surface area contributed by atoms with Crippen molar-refractivity contribution >= 4 is 11.6 Å². The fraction of sp³-hybridized carbons (Fsp3) is 0.214. The third-order valence-corrected chi connectivity index (χ3v) is 2.77. The van der Waals surface area contributed by atoms with E-state index in [1.807, 2.05) is 0 Å². The van der Waals surface area contributed by atoms with E-state index < -0.39 is 23.6 Å². The minimum Gasteiger partial charge on any atom is -0.404 e. The second-order valence-corrected chi connectivity index (χ2v) is 4.60. The predicted octanol–water partition coefficient (Wildman–Crippen LogP) is 2.09. The first-order chi connectivity index (χ1) is 10.8. The smallest absolute Gasteiger partial charge is 0.404 e. The van der Waals surface area contributed by atoms with E-state index in [0.29, 0.717) is 5.56 Å². The minimum absolute atomic E-state index is 0.150. The summed E-state index contributed by atoms with van der Waals surface area (Å²) in [5, 5.41) is 2.28. The number of carbonyl (C=O) groups excluding carboxylic acids is 1. The van der Waals surface area contributed by atoms with Gasteiger partial charge < -0.3 is 10.1 Å². The summed E-state index contributed by atoms with van der Waals surface area (Å²) in [7, 11) is 0. The van der Waals surface area contributed by atoms with E-state index in [1.165, 1.54) is 37.6 Å². The van der Waals surface area contributed by atoms with E-state index >= 15 is 0 Å². The summed E-state index contributed by atoms with van der Waals surface area (Å²) in [5.41, 5.74) is -0.209. The van der Waals surface area contributed by atoms with E-state index in [4.69, 9.17) is 0 Å². The molecule has 0 saturated heterocycles. The molecule has 0 saturated carbocycles. The first-order valence-corrected chi connectivity index (χ1v) is 6.42. The molecule has 2 rings (SSSR count).